The molecule has 2 aromatic carbocycles. The summed E-state index contributed by atoms with van der Waals surface area (Å²) >= 11 is 5.19. The first kappa shape index (κ1) is 23.3. The van der Waals surface area contributed by atoms with Crippen molar-refractivity contribution >= 4 is 39.8 Å². The molecule has 0 radical (unpaired) electrons. The Kier molecular flexibility index (Phi) is 6.77. The molecule has 0 saturated heterocycles. The Morgan fingerprint density at radius 3 is 2.73 bits per heavy atom. The third kappa shape index (κ3) is 4.77. The maximum atomic E-state index is 13.8. The summed E-state index contributed by atoms with van der Waals surface area (Å²) in [5.74, 6) is -0.256. The van der Waals surface area contributed by atoms with E-state index in [2.05, 4.69) is 15.5 Å². The van der Waals surface area contributed by atoms with Crippen molar-refractivity contribution in [1.29, 1.82) is 0 Å². The summed E-state index contributed by atoms with van der Waals surface area (Å²) in [5.41, 5.74) is 12.3. The van der Waals surface area contributed by atoms with Gasteiger partial charge in [-0.15, -0.1) is 0 Å². The molecule has 4 rings (SSSR count). The van der Waals surface area contributed by atoms with E-state index in [0.717, 1.165) is 64.7 Å². The van der Waals surface area contributed by atoms with Crippen LogP contribution in [-0.2, 0) is 19.4 Å². The molecule has 33 heavy (non-hydrogen) atoms. The van der Waals surface area contributed by atoms with Crippen LogP contribution in [0.2, 0.25) is 0 Å². The Labute approximate surface area is 199 Å². The predicted molar refractivity (Wildman–Crippen MR) is 137 cm³/mol. The number of nitrogens with zero attached hydrogens (tertiary/aromatic N) is 2. The highest BCUT2D eigenvalue weighted by molar-refractivity contribution is 7.79. The van der Waals surface area contributed by atoms with Gasteiger partial charge in [-0.2, -0.15) is 0 Å². The highest BCUT2D eigenvalue weighted by Gasteiger charge is 2.28. The predicted octanol–water partition coefficient (Wildman–Crippen LogP) is 5.02. The number of likely N-dealkylation sites (N-methyl/N-ethyl adjacent to an activating group) is 1. The summed E-state index contributed by atoms with van der Waals surface area (Å²) in [4.78, 5) is 15.8. The van der Waals surface area contributed by atoms with E-state index in [-0.39, 0.29) is 17.5 Å². The lowest BCUT2D eigenvalue weighted by molar-refractivity contribution is 0.0910. The summed E-state index contributed by atoms with van der Waals surface area (Å²) in [6, 6.07) is 11.0. The number of hydrogen-bond acceptors (Lipinski definition) is 4. The molecule has 3 aromatic rings. The molecular weight excluding hydrogens is 433 g/mol. The van der Waals surface area contributed by atoms with Crippen molar-refractivity contribution in [2.24, 2.45) is 11.7 Å². The molecule has 1 heterocycles. The van der Waals surface area contributed by atoms with E-state index in [1.807, 2.05) is 45.4 Å². The zero-order chi connectivity index (χ0) is 23.7. The van der Waals surface area contributed by atoms with E-state index in [1.54, 1.807) is 11.4 Å². The number of thiocarbonyl (C=S) groups is 1. The topological polar surface area (TPSA) is 51.3 Å². The Hall–Kier alpha value is -2.83. The van der Waals surface area contributed by atoms with Gasteiger partial charge in [-0.25, -0.2) is 4.39 Å². The number of aromatic nitrogens is 1. The number of hydrogen-bond donors (Lipinski definition) is 1. The molecule has 2 N–H and O–H groups in total. The van der Waals surface area contributed by atoms with Gasteiger partial charge in [-0.3, -0.25) is 4.79 Å². The fourth-order valence-electron chi connectivity index (χ4n) is 4.71. The number of fused-ring (bicyclic) bond motifs is 2. The van der Waals surface area contributed by atoms with Crippen LogP contribution in [-0.4, -0.2) is 41.3 Å². The van der Waals surface area contributed by atoms with Gasteiger partial charge in [0.25, 0.3) is 0 Å². The smallest absolute Gasteiger partial charge is 0.168 e. The number of ketones is 1. The molecule has 172 valence electrons. The second kappa shape index (κ2) is 9.57. The Morgan fingerprint density at radius 1 is 1.24 bits per heavy atom. The number of Topliss-reactive ketones (excluding diaryl/α,β-unsaturated/α-hetero) is 1. The molecule has 1 atom stereocenters. The number of carbonyl (C=O) groups excluding carboxylic acids is 1. The van der Waals surface area contributed by atoms with Crippen molar-refractivity contribution in [1.82, 2.24) is 9.47 Å². The number of rotatable bonds is 7. The van der Waals surface area contributed by atoms with Crippen molar-refractivity contribution < 1.29 is 9.18 Å². The zero-order valence-electron chi connectivity index (χ0n) is 19.4. The van der Waals surface area contributed by atoms with E-state index in [9.17, 15) is 9.18 Å². The fraction of sp³-hybridized carbons (Fsp3) is 0.333. The van der Waals surface area contributed by atoms with E-state index < -0.39 is 0 Å². The molecule has 1 aliphatic rings. The highest BCUT2D eigenvalue weighted by atomic mass is 32.1. The molecule has 1 unspecified atom stereocenters. The molecular formula is C27H30FN3OS. The number of aryl methyl sites for hydroxylation is 1. The third-order valence-electron chi connectivity index (χ3n) is 6.56. The maximum absolute atomic E-state index is 13.8. The monoisotopic (exact) mass is 463 g/mol. The minimum atomic E-state index is -0.243. The van der Waals surface area contributed by atoms with Crippen LogP contribution in [0.25, 0.3) is 16.5 Å². The van der Waals surface area contributed by atoms with Gasteiger partial charge in [0.1, 0.15) is 5.82 Å². The molecule has 6 heteroatoms. The summed E-state index contributed by atoms with van der Waals surface area (Å²) in [5, 5.41) is 2.54. The van der Waals surface area contributed by atoms with E-state index >= 15 is 0 Å². The molecule has 0 saturated carbocycles. The summed E-state index contributed by atoms with van der Waals surface area (Å²) in [6.45, 7) is 3.45. The van der Waals surface area contributed by atoms with Gasteiger partial charge in [-0.05, 0) is 75.2 Å². The van der Waals surface area contributed by atoms with Gasteiger partial charge in [0.15, 0.2) is 5.78 Å². The Balaban J connectivity index is 1.74. The number of halogens is 1. The normalized spacial score (nSPS) is 16.6. The fourth-order valence-corrected chi connectivity index (χ4v) is 5.03. The lowest BCUT2D eigenvalue weighted by Gasteiger charge is -2.23. The van der Waals surface area contributed by atoms with Gasteiger partial charge in [0, 0.05) is 58.3 Å². The molecule has 1 aromatic heterocycles. The SMILES string of the molecule is C/C(N)=C(/C=S)c1ccc2c(C(=O)C3CCc4ccc(F)cc4C3)cn(CCN(C)C)c2c1. The van der Waals surface area contributed by atoms with E-state index in [0.29, 0.717) is 12.1 Å². The molecule has 0 bridgehead atoms. The van der Waals surface area contributed by atoms with Crippen LogP contribution in [0.1, 0.15) is 40.4 Å². The van der Waals surface area contributed by atoms with Crippen molar-refractivity contribution in [2.45, 2.75) is 32.7 Å². The van der Waals surface area contributed by atoms with E-state index in [1.165, 1.54) is 6.07 Å². The molecule has 0 spiro atoms. The van der Waals surface area contributed by atoms with E-state index in [4.69, 9.17) is 18.0 Å². The minimum absolute atomic E-state index is 0.131. The molecule has 0 amide bonds. The van der Waals surface area contributed by atoms with Crippen molar-refractivity contribution in [3.05, 3.63) is 76.4 Å². The number of carbonyl (C=O) groups is 1. The first-order chi connectivity index (χ1) is 15.8. The average molecular weight is 464 g/mol. The molecule has 0 fully saturated rings. The first-order valence-corrected chi connectivity index (χ1v) is 11.8. The zero-order valence-corrected chi connectivity index (χ0v) is 20.2. The van der Waals surface area contributed by atoms with Crippen LogP contribution in [0.3, 0.4) is 0 Å². The molecule has 4 nitrogen and oxygen atoms in total. The maximum Gasteiger partial charge on any atom is 0.168 e. The first-order valence-electron chi connectivity index (χ1n) is 11.3. The summed E-state index contributed by atoms with van der Waals surface area (Å²) < 4.78 is 15.9. The highest BCUT2D eigenvalue weighted by Crippen LogP contribution is 2.32. The van der Waals surface area contributed by atoms with Crippen molar-refractivity contribution in [2.75, 3.05) is 20.6 Å². The number of benzene rings is 2. The van der Waals surface area contributed by atoms with Gasteiger partial charge >= 0.3 is 0 Å². The van der Waals surface area contributed by atoms with Crippen LogP contribution in [0.4, 0.5) is 4.39 Å². The van der Waals surface area contributed by atoms with Crippen molar-refractivity contribution in [3.63, 3.8) is 0 Å². The van der Waals surface area contributed by atoms with Crippen molar-refractivity contribution in [3.8, 4) is 0 Å². The van der Waals surface area contributed by atoms with Gasteiger partial charge in [0.2, 0.25) is 0 Å². The minimum Gasteiger partial charge on any atom is -0.402 e. The van der Waals surface area contributed by atoms with Crippen LogP contribution < -0.4 is 5.73 Å². The Morgan fingerprint density at radius 2 is 2.03 bits per heavy atom. The van der Waals surface area contributed by atoms with Crippen LogP contribution in [0.15, 0.2) is 48.3 Å². The van der Waals surface area contributed by atoms with Gasteiger partial charge < -0.3 is 15.2 Å². The second-order valence-electron chi connectivity index (χ2n) is 9.20. The summed E-state index contributed by atoms with van der Waals surface area (Å²) in [6.07, 6.45) is 4.15. The quantitative estimate of drug-likeness (QED) is 0.304. The molecule has 1 aliphatic carbocycles. The average Bonchev–Trinajstić information content (AvgIpc) is 3.15. The second-order valence-corrected chi connectivity index (χ2v) is 9.44. The van der Waals surface area contributed by atoms with Gasteiger partial charge in [-0.1, -0.05) is 30.4 Å². The lowest BCUT2D eigenvalue weighted by Crippen LogP contribution is -2.23. The third-order valence-corrected chi connectivity index (χ3v) is 6.79. The van der Waals surface area contributed by atoms with Gasteiger partial charge in [0.05, 0.1) is 0 Å². The number of allylic oxidation sites excluding steroid dienone is 2. The van der Waals surface area contributed by atoms with Crippen LogP contribution >= 0.6 is 12.2 Å². The summed E-state index contributed by atoms with van der Waals surface area (Å²) in [7, 11) is 4.07. The number of nitrogens with two attached hydrogens (primary N) is 1. The lowest BCUT2D eigenvalue weighted by atomic mass is 9.80. The largest absolute Gasteiger partial charge is 0.402 e. The molecule has 0 aliphatic heterocycles. The van der Waals surface area contributed by atoms with Crippen LogP contribution in [0.5, 0.6) is 0 Å². The standard InChI is InChI=1S/C27H30FN3OS/c1-17(29)25(16-33)19-7-9-23-24(15-31(26(23)14-19)11-10-30(2)3)27(32)20-5-4-18-6-8-22(28)13-21(18)12-20/h6-9,13-16,20H,4-5,10-12,29H2,1-3H3/b25-17+. The Bertz CT molecular complexity index is 1250. The van der Waals surface area contributed by atoms with Crippen LogP contribution in [0, 0.1) is 11.7 Å².